The van der Waals surface area contributed by atoms with E-state index in [1.54, 1.807) is 12.1 Å². The Labute approximate surface area is 212 Å². The fourth-order valence-electron chi connectivity index (χ4n) is 4.38. The van der Waals surface area contributed by atoms with Crippen LogP contribution in [0.15, 0.2) is 53.3 Å². The largest absolute Gasteiger partial charge is 0.494 e. The van der Waals surface area contributed by atoms with Gasteiger partial charge in [0.2, 0.25) is 0 Å². The fourth-order valence-corrected chi connectivity index (χ4v) is 4.38. The third-order valence-corrected chi connectivity index (χ3v) is 6.29. The summed E-state index contributed by atoms with van der Waals surface area (Å²) < 4.78 is 36.4. The van der Waals surface area contributed by atoms with E-state index >= 15 is 0 Å². The Kier molecular flexibility index (Phi) is 8.00. The van der Waals surface area contributed by atoms with Crippen LogP contribution in [0.5, 0.6) is 11.5 Å². The van der Waals surface area contributed by atoms with Crippen molar-refractivity contribution < 1.29 is 23.0 Å². The molecule has 0 unspecified atom stereocenters. The monoisotopic (exact) mass is 513 g/mol. The Bertz CT molecular complexity index is 1300. The molecule has 1 atom stereocenters. The van der Waals surface area contributed by atoms with Gasteiger partial charge in [-0.3, -0.25) is 4.79 Å². The number of carbonyl (C=O) groups excluding carboxylic acids is 1. The lowest BCUT2D eigenvalue weighted by atomic mass is 9.80. The van der Waals surface area contributed by atoms with Crippen molar-refractivity contribution in [3.05, 3.63) is 70.1 Å². The van der Waals surface area contributed by atoms with Crippen molar-refractivity contribution >= 4 is 17.2 Å². The summed E-state index contributed by atoms with van der Waals surface area (Å²) in [7, 11) is 0. The van der Waals surface area contributed by atoms with Crippen molar-refractivity contribution in [2.75, 3.05) is 6.61 Å². The summed E-state index contributed by atoms with van der Waals surface area (Å²) in [5, 5.41) is 12.4. The molecule has 1 aliphatic heterocycles. The first-order valence-electron chi connectivity index (χ1n) is 12.2. The highest BCUT2D eigenvalue weighted by molar-refractivity contribution is 6.22. The summed E-state index contributed by atoms with van der Waals surface area (Å²) in [4.78, 5) is 25.6. The molecule has 0 fully saturated rings. The van der Waals surface area contributed by atoms with E-state index in [0.29, 0.717) is 24.2 Å². The van der Waals surface area contributed by atoms with Crippen LogP contribution in [0.4, 0.5) is 8.78 Å². The predicted octanol–water partition coefficient (Wildman–Crippen LogP) is 4.33. The van der Waals surface area contributed by atoms with Gasteiger partial charge >= 0.3 is 12.3 Å². The van der Waals surface area contributed by atoms with E-state index in [9.17, 15) is 18.4 Å². The van der Waals surface area contributed by atoms with Gasteiger partial charge in [0, 0.05) is 6.42 Å². The van der Waals surface area contributed by atoms with Gasteiger partial charge in [-0.15, -0.1) is 0 Å². The summed E-state index contributed by atoms with van der Waals surface area (Å²) in [5.74, 6) is 0.197. The van der Waals surface area contributed by atoms with E-state index in [2.05, 4.69) is 32.5 Å². The number of unbranched alkanes of at least 4 members (excludes halogenated alkanes) is 3. The maximum absolute atomic E-state index is 13.4. The van der Waals surface area contributed by atoms with Gasteiger partial charge < -0.3 is 14.8 Å². The van der Waals surface area contributed by atoms with E-state index in [4.69, 9.17) is 4.74 Å². The van der Waals surface area contributed by atoms with Crippen LogP contribution in [0.3, 0.4) is 0 Å². The lowest BCUT2D eigenvalue weighted by Crippen LogP contribution is -2.49. The lowest BCUT2D eigenvalue weighted by Gasteiger charge is -2.37. The van der Waals surface area contributed by atoms with Gasteiger partial charge in [0.1, 0.15) is 17.2 Å². The number of tetrazole rings is 1. The van der Waals surface area contributed by atoms with Gasteiger partial charge in [-0.25, -0.2) is 9.89 Å². The number of aromatic nitrogens is 4. The molecule has 9 nitrogen and oxygen atoms in total. The molecule has 2 heterocycles. The number of amides is 1. The zero-order valence-electron chi connectivity index (χ0n) is 20.7. The van der Waals surface area contributed by atoms with Crippen molar-refractivity contribution in [3.63, 3.8) is 0 Å². The van der Waals surface area contributed by atoms with Gasteiger partial charge in [-0.1, -0.05) is 50.5 Å². The molecule has 1 aromatic heterocycles. The number of benzene rings is 2. The van der Waals surface area contributed by atoms with Gasteiger partial charge in [-0.2, -0.15) is 13.5 Å². The van der Waals surface area contributed by atoms with Crippen LogP contribution in [-0.4, -0.2) is 39.3 Å². The molecule has 4 rings (SSSR count). The minimum atomic E-state index is -2.96. The highest BCUT2D eigenvalue weighted by atomic mass is 19.3. The number of halogens is 2. The molecule has 3 aromatic rings. The molecule has 196 valence electrons. The number of nitrogens with zero attached hydrogens (tertiary/aromatic N) is 3. The second-order valence-corrected chi connectivity index (χ2v) is 9.04. The molecule has 2 aromatic carbocycles. The molecule has 11 heteroatoms. The SMILES string of the molecule is CCCCCCOc1ccc([C@]2(C)CC(c3ccc(OC(F)F)cc3)=C(n3nn[nH]c3=O)C(=O)N2)cc1. The molecule has 0 saturated carbocycles. The molecule has 0 aliphatic carbocycles. The maximum atomic E-state index is 13.4. The van der Waals surface area contributed by atoms with Gasteiger partial charge in [0.25, 0.3) is 5.91 Å². The standard InChI is InChI=1S/C26H29F2N5O4/c1-3-4-5-6-15-36-19-13-9-18(10-14-19)26(2)16-21(17-7-11-20(12-8-17)37-24(27)28)22(23(34)29-26)33-25(35)30-31-32-33/h7-14,24H,3-6,15-16H2,1-2H3,(H,29,34)(H,30,32,35)/t26-/m0/s1. The zero-order chi connectivity index (χ0) is 26.4. The summed E-state index contributed by atoms with van der Waals surface area (Å²) in [6.45, 7) is 1.72. The van der Waals surface area contributed by atoms with Crippen LogP contribution in [-0.2, 0) is 10.3 Å². The number of ether oxygens (including phenoxy) is 2. The summed E-state index contributed by atoms with van der Waals surface area (Å²) >= 11 is 0. The van der Waals surface area contributed by atoms with Crippen molar-refractivity contribution in [2.24, 2.45) is 0 Å². The zero-order valence-corrected chi connectivity index (χ0v) is 20.7. The van der Waals surface area contributed by atoms with Crippen molar-refractivity contribution in [3.8, 4) is 11.5 Å². The van der Waals surface area contributed by atoms with Gasteiger partial charge in [0.15, 0.2) is 0 Å². The minimum absolute atomic E-state index is 0.00536. The fraction of sp³-hybridized carbons (Fsp3) is 0.385. The average Bonchev–Trinajstić information content (AvgIpc) is 3.29. The maximum Gasteiger partial charge on any atom is 0.387 e. The average molecular weight is 514 g/mol. The van der Waals surface area contributed by atoms with Crippen LogP contribution in [0.2, 0.25) is 0 Å². The van der Waals surface area contributed by atoms with E-state index < -0.39 is 23.7 Å². The number of aromatic amines is 1. The van der Waals surface area contributed by atoms with Crippen molar-refractivity contribution in [1.82, 2.24) is 25.5 Å². The van der Waals surface area contributed by atoms with Crippen molar-refractivity contribution in [1.29, 1.82) is 0 Å². The molecular weight excluding hydrogens is 484 g/mol. The predicted molar refractivity (Wildman–Crippen MR) is 133 cm³/mol. The Morgan fingerprint density at radius 2 is 1.73 bits per heavy atom. The summed E-state index contributed by atoms with van der Waals surface area (Å²) in [5.41, 5.74) is 0.388. The molecule has 0 spiro atoms. The number of H-pyrrole nitrogens is 1. The smallest absolute Gasteiger partial charge is 0.387 e. The Morgan fingerprint density at radius 3 is 2.35 bits per heavy atom. The second-order valence-electron chi connectivity index (χ2n) is 9.04. The molecular formula is C26H29F2N5O4. The first kappa shape index (κ1) is 26.1. The topological polar surface area (TPSA) is 111 Å². The third-order valence-electron chi connectivity index (χ3n) is 6.29. The number of carbonyl (C=O) groups is 1. The number of alkyl halides is 2. The quantitative estimate of drug-likeness (QED) is 0.369. The van der Waals surface area contributed by atoms with E-state index in [0.717, 1.165) is 35.3 Å². The highest BCUT2D eigenvalue weighted by Gasteiger charge is 2.39. The molecule has 1 aliphatic rings. The van der Waals surface area contributed by atoms with Crippen LogP contribution in [0.1, 0.15) is 57.1 Å². The van der Waals surface area contributed by atoms with Gasteiger partial charge in [0.05, 0.1) is 12.1 Å². The molecule has 37 heavy (non-hydrogen) atoms. The first-order chi connectivity index (χ1) is 17.8. The first-order valence-corrected chi connectivity index (χ1v) is 12.2. The highest BCUT2D eigenvalue weighted by Crippen LogP contribution is 2.40. The second kappa shape index (κ2) is 11.4. The minimum Gasteiger partial charge on any atom is -0.494 e. The molecule has 2 N–H and O–H groups in total. The van der Waals surface area contributed by atoms with Crippen LogP contribution >= 0.6 is 0 Å². The number of hydrogen-bond donors (Lipinski definition) is 2. The van der Waals surface area contributed by atoms with E-state index in [1.807, 2.05) is 31.2 Å². The Balaban J connectivity index is 1.64. The van der Waals surface area contributed by atoms with Crippen LogP contribution in [0.25, 0.3) is 11.3 Å². The van der Waals surface area contributed by atoms with Crippen LogP contribution < -0.4 is 20.5 Å². The van der Waals surface area contributed by atoms with E-state index in [1.165, 1.54) is 18.6 Å². The van der Waals surface area contributed by atoms with Crippen molar-refractivity contribution in [2.45, 2.75) is 58.1 Å². The lowest BCUT2D eigenvalue weighted by molar-refractivity contribution is -0.118. The third kappa shape index (κ3) is 6.04. The number of hydrogen-bond acceptors (Lipinski definition) is 6. The molecule has 1 amide bonds. The van der Waals surface area contributed by atoms with Gasteiger partial charge in [-0.05, 0) is 64.7 Å². The number of rotatable bonds is 11. The molecule has 0 bridgehead atoms. The van der Waals surface area contributed by atoms with E-state index in [-0.39, 0.29) is 11.4 Å². The molecule has 0 saturated heterocycles. The normalized spacial score (nSPS) is 17.7. The Hall–Kier alpha value is -4.02. The summed E-state index contributed by atoms with van der Waals surface area (Å²) in [6.07, 6.45) is 4.75. The number of nitrogens with one attached hydrogen (secondary N) is 2. The molecule has 0 radical (unpaired) electrons. The van der Waals surface area contributed by atoms with Crippen LogP contribution in [0, 0.1) is 0 Å². The Morgan fingerprint density at radius 1 is 1.03 bits per heavy atom. The summed E-state index contributed by atoms with van der Waals surface area (Å²) in [6, 6.07) is 13.4.